The van der Waals surface area contributed by atoms with Gasteiger partial charge in [-0.25, -0.2) is 15.0 Å². The van der Waals surface area contributed by atoms with E-state index in [1.807, 2.05) is 55.7 Å². The van der Waals surface area contributed by atoms with Gasteiger partial charge in [-0.15, -0.1) is 0 Å². The molecule has 0 amide bonds. The molecule has 0 spiro atoms. The summed E-state index contributed by atoms with van der Waals surface area (Å²) in [6.45, 7) is 10.5. The van der Waals surface area contributed by atoms with Crippen LogP contribution in [0, 0.1) is 6.92 Å². The lowest BCUT2D eigenvalue weighted by Gasteiger charge is -2.13. The second-order valence-electron chi connectivity index (χ2n) is 9.36. The Kier molecular flexibility index (Phi) is 5.76. The third-order valence-corrected chi connectivity index (χ3v) is 6.23. The first-order chi connectivity index (χ1) is 16.8. The van der Waals surface area contributed by atoms with Crippen LogP contribution in [0.15, 0.2) is 72.2 Å². The van der Waals surface area contributed by atoms with Gasteiger partial charge in [-0.2, -0.15) is 0 Å². The fraction of sp³-hybridized carbons (Fsp3) is 0.250. The van der Waals surface area contributed by atoms with Crippen molar-refractivity contribution < 1.29 is 0 Å². The van der Waals surface area contributed by atoms with Crippen molar-refractivity contribution in [2.45, 2.75) is 46.6 Å². The van der Waals surface area contributed by atoms with Gasteiger partial charge in [-0.1, -0.05) is 26.0 Å². The lowest BCUT2D eigenvalue weighted by molar-refractivity contribution is 0.605. The van der Waals surface area contributed by atoms with Crippen molar-refractivity contribution in [1.29, 1.82) is 0 Å². The van der Waals surface area contributed by atoms with E-state index >= 15 is 0 Å². The molecule has 0 bridgehead atoms. The van der Waals surface area contributed by atoms with Gasteiger partial charge in [-0.3, -0.25) is 14.3 Å². The largest absolute Gasteiger partial charge is 0.327 e. The zero-order valence-electron chi connectivity index (χ0n) is 20.6. The monoisotopic (exact) mass is 464 g/mol. The van der Waals surface area contributed by atoms with Gasteiger partial charge in [0.15, 0.2) is 5.82 Å². The molecule has 0 fully saturated rings. The molecular weight excluding hydrogens is 436 g/mol. The molecule has 5 rings (SSSR count). The van der Waals surface area contributed by atoms with Crippen LogP contribution in [0.2, 0.25) is 0 Å². The number of hydrogen-bond acceptors (Lipinski definition) is 5. The van der Waals surface area contributed by atoms with Gasteiger partial charge in [-0.05, 0) is 68.1 Å². The highest BCUT2D eigenvalue weighted by molar-refractivity contribution is 5.85. The molecule has 1 aromatic carbocycles. The van der Waals surface area contributed by atoms with Crippen LogP contribution >= 0.6 is 0 Å². The number of imidazole rings is 1. The van der Waals surface area contributed by atoms with Crippen LogP contribution < -0.4 is 5.56 Å². The van der Waals surface area contributed by atoms with Gasteiger partial charge in [0, 0.05) is 35.9 Å². The molecule has 4 heterocycles. The zero-order chi connectivity index (χ0) is 24.7. The molecule has 35 heavy (non-hydrogen) atoms. The van der Waals surface area contributed by atoms with E-state index in [-0.39, 0.29) is 11.6 Å². The average Bonchev–Trinajstić information content (AvgIpc) is 3.35. The third-order valence-electron chi connectivity index (χ3n) is 6.23. The molecule has 4 aromatic heterocycles. The summed E-state index contributed by atoms with van der Waals surface area (Å²) in [5, 5.41) is 0.539. The summed E-state index contributed by atoms with van der Waals surface area (Å²) in [5.74, 6) is 1.63. The summed E-state index contributed by atoms with van der Waals surface area (Å²) < 4.78 is 3.55. The Morgan fingerprint density at radius 2 is 1.77 bits per heavy atom. The highest BCUT2D eigenvalue weighted by atomic mass is 16.1. The van der Waals surface area contributed by atoms with Crippen LogP contribution in [0.3, 0.4) is 0 Å². The average molecular weight is 465 g/mol. The number of rotatable bonds is 5. The van der Waals surface area contributed by atoms with E-state index < -0.39 is 0 Å². The first-order valence-corrected chi connectivity index (χ1v) is 11.8. The number of benzene rings is 1. The predicted molar refractivity (Wildman–Crippen MR) is 139 cm³/mol. The number of aryl methyl sites for hydroxylation is 1. The summed E-state index contributed by atoms with van der Waals surface area (Å²) in [5.41, 5.74) is 5.23. The Morgan fingerprint density at radius 1 is 0.943 bits per heavy atom. The minimum Gasteiger partial charge on any atom is -0.327 e. The number of aromatic nitrogens is 6. The van der Waals surface area contributed by atoms with Crippen molar-refractivity contribution >= 4 is 10.9 Å². The molecule has 5 aromatic rings. The normalized spacial score (nSPS) is 11.6. The van der Waals surface area contributed by atoms with Crippen LogP contribution in [0.1, 0.15) is 50.9 Å². The van der Waals surface area contributed by atoms with E-state index in [4.69, 9.17) is 4.98 Å². The van der Waals surface area contributed by atoms with Crippen LogP contribution in [0.25, 0.3) is 39.4 Å². The molecule has 0 radical (unpaired) electrons. The highest BCUT2D eigenvalue weighted by Crippen LogP contribution is 2.27. The Hall–Kier alpha value is -4.13. The van der Waals surface area contributed by atoms with Crippen molar-refractivity contribution in [2.75, 3.05) is 0 Å². The first-order valence-electron chi connectivity index (χ1n) is 11.8. The highest BCUT2D eigenvalue weighted by Gasteiger charge is 2.14. The molecule has 7 heteroatoms. The summed E-state index contributed by atoms with van der Waals surface area (Å²) in [7, 11) is 0. The molecule has 176 valence electrons. The molecule has 0 atom stereocenters. The Balaban J connectivity index is 1.61. The topological polar surface area (TPSA) is 78.5 Å². The van der Waals surface area contributed by atoms with Crippen LogP contribution in [-0.4, -0.2) is 29.1 Å². The fourth-order valence-corrected chi connectivity index (χ4v) is 4.26. The molecule has 0 unspecified atom stereocenters. The molecule has 0 saturated carbocycles. The van der Waals surface area contributed by atoms with Crippen molar-refractivity contribution in [3.63, 3.8) is 0 Å². The molecule has 0 saturated heterocycles. The number of fused-ring (bicyclic) bond motifs is 1. The van der Waals surface area contributed by atoms with Gasteiger partial charge in [0.05, 0.1) is 10.9 Å². The van der Waals surface area contributed by atoms with Crippen LogP contribution in [0.5, 0.6) is 0 Å². The van der Waals surface area contributed by atoms with E-state index in [9.17, 15) is 4.79 Å². The summed E-state index contributed by atoms with van der Waals surface area (Å²) in [6.07, 6.45) is 7.12. The van der Waals surface area contributed by atoms with E-state index in [1.54, 1.807) is 12.5 Å². The predicted octanol–water partition coefficient (Wildman–Crippen LogP) is 5.72. The van der Waals surface area contributed by atoms with E-state index in [2.05, 4.69) is 53.3 Å². The standard InChI is InChI=1S/C28H28N6O/c1-17(2)23-10-9-20(15-30-23)21-14-22-25(13-19(21)5)31-16-34(28(22)35)26-8-6-7-24(32-26)27-29-11-12-33(27)18(3)4/h6-18H,1-5H3. The second-order valence-corrected chi connectivity index (χ2v) is 9.36. The number of pyridine rings is 2. The summed E-state index contributed by atoms with van der Waals surface area (Å²) in [4.78, 5) is 32.0. The zero-order valence-corrected chi connectivity index (χ0v) is 20.6. The Bertz CT molecular complexity index is 1580. The quantitative estimate of drug-likeness (QED) is 0.332. The lowest BCUT2D eigenvalue weighted by atomic mass is 9.99. The van der Waals surface area contributed by atoms with E-state index in [0.717, 1.165) is 28.2 Å². The van der Waals surface area contributed by atoms with Gasteiger partial charge >= 0.3 is 0 Å². The summed E-state index contributed by atoms with van der Waals surface area (Å²) in [6, 6.07) is 13.8. The summed E-state index contributed by atoms with van der Waals surface area (Å²) >= 11 is 0. The SMILES string of the molecule is Cc1cc2ncn(-c3cccc(-c4nccn4C(C)C)n3)c(=O)c2cc1-c1ccc(C(C)C)nc1. The maximum atomic E-state index is 13.6. The van der Waals surface area contributed by atoms with Crippen molar-refractivity contribution in [1.82, 2.24) is 29.1 Å². The Morgan fingerprint density at radius 3 is 2.49 bits per heavy atom. The number of hydrogen-bond donors (Lipinski definition) is 0. The molecule has 0 aliphatic rings. The molecule has 7 nitrogen and oxygen atoms in total. The van der Waals surface area contributed by atoms with Gasteiger partial charge < -0.3 is 4.57 Å². The van der Waals surface area contributed by atoms with Crippen molar-refractivity contribution in [3.05, 3.63) is 89.0 Å². The maximum Gasteiger partial charge on any atom is 0.266 e. The minimum atomic E-state index is -0.167. The molecular formula is C28H28N6O. The van der Waals surface area contributed by atoms with Crippen molar-refractivity contribution in [3.8, 4) is 28.5 Å². The fourth-order valence-electron chi connectivity index (χ4n) is 4.26. The van der Waals surface area contributed by atoms with Crippen LogP contribution in [-0.2, 0) is 0 Å². The number of nitrogens with zero attached hydrogens (tertiary/aromatic N) is 6. The smallest absolute Gasteiger partial charge is 0.266 e. The van der Waals surface area contributed by atoms with E-state index in [1.165, 1.54) is 4.57 Å². The van der Waals surface area contributed by atoms with Crippen molar-refractivity contribution in [2.24, 2.45) is 0 Å². The molecule has 0 N–H and O–H groups in total. The second kappa shape index (κ2) is 8.91. The Labute approximate surface area is 204 Å². The minimum absolute atomic E-state index is 0.167. The van der Waals surface area contributed by atoms with Crippen LogP contribution in [0.4, 0.5) is 0 Å². The van der Waals surface area contributed by atoms with Gasteiger partial charge in [0.25, 0.3) is 5.56 Å². The molecule has 0 aliphatic heterocycles. The van der Waals surface area contributed by atoms with Gasteiger partial charge in [0.2, 0.25) is 0 Å². The van der Waals surface area contributed by atoms with Gasteiger partial charge in [0.1, 0.15) is 17.8 Å². The first kappa shape index (κ1) is 22.7. The lowest BCUT2D eigenvalue weighted by Crippen LogP contribution is -2.20. The molecule has 0 aliphatic carbocycles. The van der Waals surface area contributed by atoms with E-state index in [0.29, 0.717) is 28.3 Å². The third kappa shape index (κ3) is 4.14. The maximum absolute atomic E-state index is 13.6.